The van der Waals surface area contributed by atoms with E-state index in [9.17, 15) is 0 Å². The molecule has 2 nitrogen and oxygen atoms in total. The third kappa shape index (κ3) is 3.57. The summed E-state index contributed by atoms with van der Waals surface area (Å²) < 4.78 is 6.04. The molecule has 0 saturated carbocycles. The van der Waals surface area contributed by atoms with Crippen molar-refractivity contribution in [1.82, 2.24) is 0 Å². The molecule has 0 amide bonds. The molecule has 0 fully saturated rings. The molecule has 0 spiro atoms. The van der Waals surface area contributed by atoms with Crippen LogP contribution in [-0.4, -0.2) is 15.0 Å². The number of hydrogen-bond donors (Lipinski definition) is 1. The van der Waals surface area contributed by atoms with Crippen molar-refractivity contribution < 1.29 is 4.74 Å². The van der Waals surface area contributed by atoms with Crippen molar-refractivity contribution in [2.45, 2.75) is 0 Å². The van der Waals surface area contributed by atoms with Gasteiger partial charge in [-0.05, 0) is 24.3 Å². The van der Waals surface area contributed by atoms with E-state index < -0.39 is 8.80 Å². The number of benzene rings is 3. The van der Waals surface area contributed by atoms with E-state index in [-0.39, 0.29) is 0 Å². The van der Waals surface area contributed by atoms with Crippen LogP contribution in [0.5, 0.6) is 5.75 Å². The molecule has 0 unspecified atom stereocenters. The highest BCUT2D eigenvalue weighted by atomic mass is 28.3. The van der Waals surface area contributed by atoms with E-state index in [4.69, 9.17) is 10.5 Å². The van der Waals surface area contributed by atoms with Gasteiger partial charge in [0.2, 0.25) is 0 Å². The number of rotatable bonds is 5. The molecule has 3 heteroatoms. The Morgan fingerprint density at radius 2 is 1.18 bits per heavy atom. The van der Waals surface area contributed by atoms with Gasteiger partial charge in [-0.2, -0.15) is 0 Å². The molecule has 0 saturated heterocycles. The van der Waals surface area contributed by atoms with Crippen molar-refractivity contribution in [2.75, 3.05) is 12.0 Å². The second-order valence-electron chi connectivity index (χ2n) is 5.25. The standard InChI is InChI=1S/C19H19NOSi/c20-16-11-13-17(14-12-16)21-15-22(18-7-3-1-4-8-18)19-9-5-2-6-10-19/h1-14,22H,15,20H2. The fourth-order valence-electron chi connectivity index (χ4n) is 2.50. The van der Waals surface area contributed by atoms with Crippen LogP contribution in [0.3, 0.4) is 0 Å². The van der Waals surface area contributed by atoms with E-state index in [0.29, 0.717) is 0 Å². The Bertz CT molecular complexity index is 659. The fraction of sp³-hybridized carbons (Fsp3) is 0.0526. The monoisotopic (exact) mass is 305 g/mol. The van der Waals surface area contributed by atoms with Crippen LogP contribution in [0.2, 0.25) is 0 Å². The zero-order valence-electron chi connectivity index (χ0n) is 12.4. The van der Waals surface area contributed by atoms with Gasteiger partial charge in [0.25, 0.3) is 0 Å². The molecule has 3 aromatic rings. The zero-order valence-corrected chi connectivity index (χ0v) is 13.5. The van der Waals surface area contributed by atoms with E-state index >= 15 is 0 Å². The molecule has 3 aromatic carbocycles. The summed E-state index contributed by atoms with van der Waals surface area (Å²) in [6.45, 7) is 0. The van der Waals surface area contributed by atoms with Gasteiger partial charge >= 0.3 is 0 Å². The molecule has 0 atom stereocenters. The Balaban J connectivity index is 1.81. The first-order valence-corrected chi connectivity index (χ1v) is 9.38. The highest BCUT2D eigenvalue weighted by molar-refractivity contribution is 6.85. The average Bonchev–Trinajstić information content (AvgIpc) is 2.59. The summed E-state index contributed by atoms with van der Waals surface area (Å²) in [5, 5.41) is 2.79. The van der Waals surface area contributed by atoms with Gasteiger partial charge in [0.05, 0.1) is 6.23 Å². The topological polar surface area (TPSA) is 35.2 Å². The Kier molecular flexibility index (Phi) is 4.56. The first-order chi connectivity index (χ1) is 10.8. The van der Waals surface area contributed by atoms with Crippen molar-refractivity contribution in [2.24, 2.45) is 0 Å². The number of hydrogen-bond acceptors (Lipinski definition) is 2. The van der Waals surface area contributed by atoms with Gasteiger partial charge in [0.1, 0.15) is 14.5 Å². The lowest BCUT2D eigenvalue weighted by atomic mass is 10.3. The summed E-state index contributed by atoms with van der Waals surface area (Å²) in [6.07, 6.45) is 0.734. The quantitative estimate of drug-likeness (QED) is 0.579. The molecule has 2 N–H and O–H groups in total. The van der Waals surface area contributed by atoms with Gasteiger partial charge in [0.15, 0.2) is 0 Å². The SMILES string of the molecule is Nc1ccc(OC[SiH](c2ccccc2)c2ccccc2)cc1. The molecule has 3 rings (SSSR count). The number of ether oxygens (including phenoxy) is 1. The molecule has 0 aromatic heterocycles. The summed E-state index contributed by atoms with van der Waals surface area (Å²) in [5.74, 6) is 0.874. The zero-order chi connectivity index (χ0) is 15.2. The number of nitrogen functional groups attached to an aromatic ring is 1. The molecule has 110 valence electrons. The minimum absolute atomic E-state index is 0.734. The predicted molar refractivity (Wildman–Crippen MR) is 95.7 cm³/mol. The lowest BCUT2D eigenvalue weighted by molar-refractivity contribution is 0.383. The van der Waals surface area contributed by atoms with Crippen LogP contribution < -0.4 is 20.8 Å². The smallest absolute Gasteiger partial charge is 0.145 e. The molecule has 0 aliphatic heterocycles. The second kappa shape index (κ2) is 6.96. The Morgan fingerprint density at radius 1 is 0.682 bits per heavy atom. The Hall–Kier alpha value is -2.52. The van der Waals surface area contributed by atoms with Gasteiger partial charge in [-0.3, -0.25) is 0 Å². The highest BCUT2D eigenvalue weighted by Crippen LogP contribution is 2.13. The average molecular weight is 305 g/mol. The van der Waals surface area contributed by atoms with Crippen LogP contribution >= 0.6 is 0 Å². The van der Waals surface area contributed by atoms with Crippen LogP contribution in [0.1, 0.15) is 0 Å². The maximum Gasteiger partial charge on any atom is 0.145 e. The van der Waals surface area contributed by atoms with Crippen molar-refractivity contribution >= 4 is 24.9 Å². The van der Waals surface area contributed by atoms with Gasteiger partial charge in [0, 0.05) is 5.69 Å². The second-order valence-corrected chi connectivity index (χ2v) is 8.03. The van der Waals surface area contributed by atoms with Crippen LogP contribution in [-0.2, 0) is 0 Å². The van der Waals surface area contributed by atoms with E-state index in [1.807, 2.05) is 24.3 Å². The van der Waals surface area contributed by atoms with Crippen molar-refractivity contribution in [1.29, 1.82) is 0 Å². The Morgan fingerprint density at radius 3 is 1.68 bits per heavy atom. The lowest BCUT2D eigenvalue weighted by Crippen LogP contribution is -2.47. The molecular formula is C19H19NOSi. The highest BCUT2D eigenvalue weighted by Gasteiger charge is 2.17. The minimum Gasteiger partial charge on any atom is -0.497 e. The third-order valence-corrected chi connectivity index (χ3v) is 6.58. The van der Waals surface area contributed by atoms with Gasteiger partial charge < -0.3 is 10.5 Å². The summed E-state index contributed by atoms with van der Waals surface area (Å²) in [6, 6.07) is 28.9. The van der Waals surface area contributed by atoms with Gasteiger partial charge in [-0.25, -0.2) is 0 Å². The van der Waals surface area contributed by atoms with Crippen LogP contribution in [0.25, 0.3) is 0 Å². The fourth-order valence-corrected chi connectivity index (χ4v) is 5.00. The summed E-state index contributed by atoms with van der Waals surface area (Å²) in [5.41, 5.74) is 6.47. The van der Waals surface area contributed by atoms with Gasteiger partial charge in [-0.1, -0.05) is 71.0 Å². The summed E-state index contributed by atoms with van der Waals surface area (Å²) in [7, 11) is -1.39. The maximum absolute atomic E-state index is 6.04. The molecule has 0 aliphatic rings. The maximum atomic E-state index is 6.04. The molecule has 0 bridgehead atoms. The molecule has 0 radical (unpaired) electrons. The summed E-state index contributed by atoms with van der Waals surface area (Å²) >= 11 is 0. The molecular weight excluding hydrogens is 286 g/mol. The van der Waals surface area contributed by atoms with E-state index in [0.717, 1.165) is 17.7 Å². The van der Waals surface area contributed by atoms with Crippen molar-refractivity contribution in [3.8, 4) is 5.75 Å². The normalized spacial score (nSPS) is 10.6. The minimum atomic E-state index is -1.39. The molecule has 0 aliphatic carbocycles. The van der Waals surface area contributed by atoms with Crippen LogP contribution in [0.4, 0.5) is 5.69 Å². The lowest BCUT2D eigenvalue weighted by Gasteiger charge is -2.17. The first-order valence-electron chi connectivity index (χ1n) is 7.41. The largest absolute Gasteiger partial charge is 0.497 e. The van der Waals surface area contributed by atoms with Crippen LogP contribution in [0, 0.1) is 0 Å². The summed E-state index contributed by atoms with van der Waals surface area (Å²) in [4.78, 5) is 0. The van der Waals surface area contributed by atoms with Crippen molar-refractivity contribution in [3.05, 3.63) is 84.9 Å². The van der Waals surface area contributed by atoms with Gasteiger partial charge in [-0.15, -0.1) is 0 Å². The van der Waals surface area contributed by atoms with E-state index in [1.54, 1.807) is 0 Å². The molecule has 0 heterocycles. The van der Waals surface area contributed by atoms with Crippen molar-refractivity contribution in [3.63, 3.8) is 0 Å². The Labute approximate surface area is 132 Å². The molecule has 22 heavy (non-hydrogen) atoms. The van der Waals surface area contributed by atoms with E-state index in [1.165, 1.54) is 10.4 Å². The first kappa shape index (κ1) is 14.4. The number of anilines is 1. The number of nitrogens with two attached hydrogens (primary N) is 1. The van der Waals surface area contributed by atoms with E-state index in [2.05, 4.69) is 60.7 Å². The van der Waals surface area contributed by atoms with Crippen LogP contribution in [0.15, 0.2) is 84.9 Å². The predicted octanol–water partition coefficient (Wildman–Crippen LogP) is 2.23. The third-order valence-electron chi connectivity index (χ3n) is 3.70.